The standard InChI is InChI=1S/C25H25N5O3S/c1-33-24(32)19-4-2-3-5-20(19)27-23-22-21(12-15-34-22)28-25(29-23)26-16-6-8-17(9-7-16)30-13-10-18(31)11-14-30/h2-9,12,15,18,31H,10-11,13-14H2,1H3,(H2,26,27,28,29). The van der Waals surface area contributed by atoms with Gasteiger partial charge >= 0.3 is 5.97 Å². The van der Waals surface area contributed by atoms with Gasteiger partial charge in [-0.2, -0.15) is 4.98 Å². The third-order valence-electron chi connectivity index (χ3n) is 5.84. The zero-order chi connectivity index (χ0) is 23.5. The molecule has 0 bridgehead atoms. The summed E-state index contributed by atoms with van der Waals surface area (Å²) < 4.78 is 5.81. The molecule has 2 aromatic carbocycles. The van der Waals surface area contributed by atoms with E-state index in [1.807, 2.05) is 35.7 Å². The number of piperidine rings is 1. The van der Waals surface area contributed by atoms with Crippen molar-refractivity contribution >= 4 is 56.4 Å². The average molecular weight is 476 g/mol. The summed E-state index contributed by atoms with van der Waals surface area (Å²) in [6, 6.07) is 17.3. The summed E-state index contributed by atoms with van der Waals surface area (Å²) in [6.45, 7) is 1.71. The Morgan fingerprint density at radius 3 is 2.59 bits per heavy atom. The Morgan fingerprint density at radius 2 is 1.82 bits per heavy atom. The minimum Gasteiger partial charge on any atom is -0.465 e. The van der Waals surface area contributed by atoms with Crippen molar-refractivity contribution in [2.24, 2.45) is 0 Å². The highest BCUT2D eigenvalue weighted by Crippen LogP contribution is 2.32. The number of methoxy groups -OCH3 is 1. The van der Waals surface area contributed by atoms with Gasteiger partial charge in [-0.3, -0.25) is 0 Å². The van der Waals surface area contributed by atoms with E-state index in [2.05, 4.69) is 32.7 Å². The number of nitrogens with zero attached hydrogens (tertiary/aromatic N) is 3. The molecule has 9 heteroatoms. The summed E-state index contributed by atoms with van der Waals surface area (Å²) in [5.74, 6) is 0.654. The number of esters is 1. The number of benzene rings is 2. The molecule has 1 saturated heterocycles. The maximum absolute atomic E-state index is 12.2. The fourth-order valence-corrected chi connectivity index (χ4v) is 4.80. The molecule has 0 amide bonds. The van der Waals surface area contributed by atoms with Crippen LogP contribution in [0.5, 0.6) is 0 Å². The summed E-state index contributed by atoms with van der Waals surface area (Å²) in [7, 11) is 1.36. The van der Waals surface area contributed by atoms with Gasteiger partial charge < -0.3 is 25.4 Å². The molecule has 0 saturated carbocycles. The van der Waals surface area contributed by atoms with Gasteiger partial charge in [0.25, 0.3) is 0 Å². The Bertz CT molecular complexity index is 1300. The number of nitrogens with one attached hydrogen (secondary N) is 2. The quantitative estimate of drug-likeness (QED) is 0.338. The molecule has 8 nitrogen and oxygen atoms in total. The highest BCUT2D eigenvalue weighted by atomic mass is 32.1. The van der Waals surface area contributed by atoms with Crippen LogP contribution in [-0.4, -0.2) is 47.3 Å². The van der Waals surface area contributed by atoms with E-state index in [4.69, 9.17) is 9.72 Å². The van der Waals surface area contributed by atoms with Crippen LogP contribution in [0.2, 0.25) is 0 Å². The highest BCUT2D eigenvalue weighted by Gasteiger charge is 2.18. The number of carbonyl (C=O) groups excluding carboxylic acids is 1. The number of hydrogen-bond acceptors (Lipinski definition) is 9. The molecule has 0 unspecified atom stereocenters. The number of rotatable bonds is 6. The summed E-state index contributed by atoms with van der Waals surface area (Å²) in [5, 5.41) is 18.3. The van der Waals surface area contributed by atoms with Crippen LogP contribution in [0.3, 0.4) is 0 Å². The third-order valence-corrected chi connectivity index (χ3v) is 6.75. The van der Waals surface area contributed by atoms with E-state index in [-0.39, 0.29) is 6.10 Å². The van der Waals surface area contributed by atoms with E-state index in [1.54, 1.807) is 12.1 Å². The molecule has 0 spiro atoms. The van der Waals surface area contributed by atoms with Crippen molar-refractivity contribution in [2.75, 3.05) is 35.7 Å². The summed E-state index contributed by atoms with van der Waals surface area (Å²) in [4.78, 5) is 23.8. The average Bonchev–Trinajstić information content (AvgIpc) is 3.34. The maximum atomic E-state index is 12.2. The second-order valence-electron chi connectivity index (χ2n) is 8.08. The van der Waals surface area contributed by atoms with Crippen LogP contribution in [0, 0.1) is 0 Å². The summed E-state index contributed by atoms with van der Waals surface area (Å²) in [5.41, 5.74) is 3.86. The lowest BCUT2D eigenvalue weighted by molar-refractivity contribution is 0.0602. The van der Waals surface area contributed by atoms with E-state index in [0.717, 1.165) is 47.5 Å². The zero-order valence-electron chi connectivity index (χ0n) is 18.7. The van der Waals surface area contributed by atoms with Crippen LogP contribution in [0.15, 0.2) is 60.0 Å². The fourth-order valence-electron chi connectivity index (χ4n) is 4.02. The Labute approximate surface area is 201 Å². The van der Waals surface area contributed by atoms with Gasteiger partial charge in [0.05, 0.1) is 34.7 Å². The SMILES string of the molecule is COC(=O)c1ccccc1Nc1nc(Nc2ccc(N3CCC(O)CC3)cc2)nc2ccsc12. The topological polar surface area (TPSA) is 99.6 Å². The molecular weight excluding hydrogens is 450 g/mol. The first-order valence-corrected chi connectivity index (χ1v) is 12.0. The molecule has 34 heavy (non-hydrogen) atoms. The Hall–Kier alpha value is -3.69. The number of carbonyl (C=O) groups is 1. The van der Waals surface area contributed by atoms with Gasteiger partial charge in [-0.1, -0.05) is 12.1 Å². The molecule has 1 aliphatic heterocycles. The first kappa shape index (κ1) is 22.1. The number of aliphatic hydroxyl groups excluding tert-OH is 1. The van der Waals surface area contributed by atoms with Gasteiger partial charge in [0.15, 0.2) is 5.82 Å². The molecule has 3 heterocycles. The first-order chi connectivity index (χ1) is 16.6. The Balaban J connectivity index is 1.39. The normalized spacial score (nSPS) is 14.2. The second-order valence-corrected chi connectivity index (χ2v) is 9.00. The van der Waals surface area contributed by atoms with E-state index in [0.29, 0.717) is 23.0 Å². The second kappa shape index (κ2) is 9.66. The van der Waals surface area contributed by atoms with Crippen LogP contribution in [0.1, 0.15) is 23.2 Å². The predicted octanol–water partition coefficient (Wildman–Crippen LogP) is 4.93. The number of fused-ring (bicyclic) bond motifs is 1. The predicted molar refractivity (Wildman–Crippen MR) is 136 cm³/mol. The minimum absolute atomic E-state index is 0.191. The molecule has 0 atom stereocenters. The molecule has 1 aliphatic rings. The van der Waals surface area contributed by atoms with Gasteiger partial charge in [0.1, 0.15) is 0 Å². The molecule has 0 aliphatic carbocycles. The van der Waals surface area contributed by atoms with Crippen LogP contribution in [0.25, 0.3) is 10.2 Å². The van der Waals surface area contributed by atoms with Crippen molar-refractivity contribution in [1.29, 1.82) is 0 Å². The Kier molecular flexibility index (Phi) is 6.29. The maximum Gasteiger partial charge on any atom is 0.339 e. The van der Waals surface area contributed by atoms with Crippen molar-refractivity contribution in [1.82, 2.24) is 9.97 Å². The fraction of sp³-hybridized carbons (Fsp3) is 0.240. The van der Waals surface area contributed by atoms with Crippen molar-refractivity contribution in [3.8, 4) is 0 Å². The van der Waals surface area contributed by atoms with Gasteiger partial charge in [-0.05, 0) is 60.7 Å². The number of thiophene rings is 1. The lowest BCUT2D eigenvalue weighted by atomic mass is 10.1. The number of hydrogen-bond donors (Lipinski definition) is 3. The number of ether oxygens (including phenoxy) is 1. The van der Waals surface area contributed by atoms with Gasteiger partial charge in [-0.25, -0.2) is 9.78 Å². The van der Waals surface area contributed by atoms with Crippen molar-refractivity contribution in [3.05, 3.63) is 65.5 Å². The van der Waals surface area contributed by atoms with Gasteiger partial charge in [0.2, 0.25) is 5.95 Å². The molecule has 1 fully saturated rings. The molecule has 4 aromatic rings. The molecular formula is C25H25N5O3S. The molecule has 0 radical (unpaired) electrons. The molecule has 5 rings (SSSR count). The number of anilines is 5. The van der Waals surface area contributed by atoms with Crippen LogP contribution >= 0.6 is 11.3 Å². The van der Waals surface area contributed by atoms with E-state index >= 15 is 0 Å². The largest absolute Gasteiger partial charge is 0.465 e. The van der Waals surface area contributed by atoms with Gasteiger partial charge in [0, 0.05) is 24.5 Å². The summed E-state index contributed by atoms with van der Waals surface area (Å²) >= 11 is 1.53. The van der Waals surface area contributed by atoms with Crippen molar-refractivity contribution in [3.63, 3.8) is 0 Å². The highest BCUT2D eigenvalue weighted by molar-refractivity contribution is 7.17. The summed E-state index contributed by atoms with van der Waals surface area (Å²) in [6.07, 6.45) is 1.40. The van der Waals surface area contributed by atoms with Crippen LogP contribution in [-0.2, 0) is 4.74 Å². The Morgan fingerprint density at radius 1 is 1.06 bits per heavy atom. The lowest BCUT2D eigenvalue weighted by Crippen LogP contribution is -2.35. The van der Waals surface area contributed by atoms with Crippen LogP contribution in [0.4, 0.5) is 28.8 Å². The first-order valence-electron chi connectivity index (χ1n) is 11.1. The zero-order valence-corrected chi connectivity index (χ0v) is 19.5. The number of para-hydroxylation sites is 1. The number of aromatic nitrogens is 2. The molecule has 174 valence electrons. The van der Waals surface area contributed by atoms with E-state index < -0.39 is 5.97 Å². The van der Waals surface area contributed by atoms with E-state index in [1.165, 1.54) is 18.4 Å². The number of aliphatic hydroxyl groups is 1. The van der Waals surface area contributed by atoms with Crippen molar-refractivity contribution in [2.45, 2.75) is 18.9 Å². The smallest absolute Gasteiger partial charge is 0.339 e. The van der Waals surface area contributed by atoms with Gasteiger partial charge in [-0.15, -0.1) is 11.3 Å². The third kappa shape index (κ3) is 4.66. The minimum atomic E-state index is -0.416. The molecule has 2 aromatic heterocycles. The van der Waals surface area contributed by atoms with E-state index in [9.17, 15) is 9.90 Å². The molecule has 3 N–H and O–H groups in total. The van der Waals surface area contributed by atoms with Crippen molar-refractivity contribution < 1.29 is 14.6 Å². The van der Waals surface area contributed by atoms with Crippen LogP contribution < -0.4 is 15.5 Å². The lowest BCUT2D eigenvalue weighted by Gasteiger charge is -2.31. The monoisotopic (exact) mass is 475 g/mol.